The maximum Gasteiger partial charge on any atom is 0.319 e. The van der Waals surface area contributed by atoms with E-state index in [2.05, 4.69) is 20.6 Å². The van der Waals surface area contributed by atoms with E-state index in [1.165, 1.54) is 18.0 Å². The smallest absolute Gasteiger partial charge is 0.319 e. The summed E-state index contributed by atoms with van der Waals surface area (Å²) in [6.07, 6.45) is 2.61. The van der Waals surface area contributed by atoms with Crippen molar-refractivity contribution in [2.75, 3.05) is 7.05 Å². The molecule has 0 saturated heterocycles. The summed E-state index contributed by atoms with van der Waals surface area (Å²) in [7, 11) is 1.63. The molecule has 0 radical (unpaired) electrons. The van der Waals surface area contributed by atoms with Crippen molar-refractivity contribution in [3.8, 4) is 0 Å². The zero-order chi connectivity index (χ0) is 15.9. The number of alkyl halides is 2. The fourth-order valence-electron chi connectivity index (χ4n) is 1.93. The van der Waals surface area contributed by atoms with Gasteiger partial charge >= 0.3 is 6.55 Å². The molecule has 2 aromatic rings. The van der Waals surface area contributed by atoms with Crippen LogP contribution in [0.2, 0.25) is 0 Å². The van der Waals surface area contributed by atoms with Gasteiger partial charge in [-0.25, -0.2) is 4.98 Å². The van der Waals surface area contributed by atoms with Crippen LogP contribution >= 0.6 is 24.0 Å². The fraction of sp³-hybridized carbons (Fsp3) is 0.333. The first-order valence-corrected chi connectivity index (χ1v) is 6.90. The van der Waals surface area contributed by atoms with Gasteiger partial charge < -0.3 is 10.6 Å². The summed E-state index contributed by atoms with van der Waals surface area (Å²) in [6, 6.07) is 8.12. The molecule has 0 spiro atoms. The highest BCUT2D eigenvalue weighted by Gasteiger charge is 2.11. The standard InChI is InChI=1S/C15H19F2N5.HI/c1-11-3-5-12(6-4-11)9-20-15(18-2)21-10-13-19-7-8-22(13)14(16)17;/h3-8,14H,9-10H2,1-2H3,(H2,18,20,21);1H. The van der Waals surface area contributed by atoms with E-state index >= 15 is 0 Å². The third kappa shape index (κ3) is 5.77. The minimum absolute atomic E-state index is 0. The second-order valence-electron chi connectivity index (χ2n) is 4.79. The van der Waals surface area contributed by atoms with E-state index in [0.717, 1.165) is 10.1 Å². The number of rotatable bonds is 5. The number of nitrogens with one attached hydrogen (secondary N) is 2. The second-order valence-corrected chi connectivity index (χ2v) is 4.79. The molecule has 8 heteroatoms. The number of aromatic nitrogens is 2. The van der Waals surface area contributed by atoms with Crippen LogP contribution in [0.3, 0.4) is 0 Å². The maximum atomic E-state index is 12.7. The molecule has 0 fully saturated rings. The SMILES string of the molecule is CN=C(NCc1ccc(C)cc1)NCc1nccn1C(F)F.I. The fourth-order valence-corrected chi connectivity index (χ4v) is 1.93. The Kier molecular flexibility index (Phi) is 7.93. The quantitative estimate of drug-likeness (QED) is 0.432. The van der Waals surface area contributed by atoms with Crippen molar-refractivity contribution in [2.45, 2.75) is 26.6 Å². The van der Waals surface area contributed by atoms with Crippen LogP contribution in [0.4, 0.5) is 8.78 Å². The van der Waals surface area contributed by atoms with Crippen LogP contribution in [0, 0.1) is 6.92 Å². The number of guanidine groups is 1. The summed E-state index contributed by atoms with van der Waals surface area (Å²) in [5.74, 6) is 0.790. The van der Waals surface area contributed by atoms with E-state index in [1.807, 2.05) is 31.2 Å². The highest BCUT2D eigenvalue weighted by molar-refractivity contribution is 14.0. The Labute approximate surface area is 151 Å². The van der Waals surface area contributed by atoms with Crippen LogP contribution in [0.5, 0.6) is 0 Å². The molecule has 1 aromatic heterocycles. The van der Waals surface area contributed by atoms with Crippen molar-refractivity contribution in [3.05, 3.63) is 53.6 Å². The Morgan fingerprint density at radius 1 is 1.22 bits per heavy atom. The van der Waals surface area contributed by atoms with Crippen LogP contribution < -0.4 is 10.6 Å². The van der Waals surface area contributed by atoms with Crippen molar-refractivity contribution in [1.29, 1.82) is 0 Å². The van der Waals surface area contributed by atoms with Crippen molar-refractivity contribution in [3.63, 3.8) is 0 Å². The lowest BCUT2D eigenvalue weighted by Crippen LogP contribution is -2.37. The normalized spacial score (nSPS) is 11.3. The molecule has 1 aromatic carbocycles. The molecular formula is C15H20F2IN5. The number of aryl methyl sites for hydroxylation is 1. The molecular weight excluding hydrogens is 415 g/mol. The van der Waals surface area contributed by atoms with Gasteiger partial charge in [0.2, 0.25) is 0 Å². The van der Waals surface area contributed by atoms with Crippen LogP contribution in [-0.2, 0) is 13.1 Å². The monoisotopic (exact) mass is 435 g/mol. The van der Waals surface area contributed by atoms with Crippen LogP contribution in [0.1, 0.15) is 23.5 Å². The number of aliphatic imine (C=N–C) groups is 1. The Morgan fingerprint density at radius 3 is 2.48 bits per heavy atom. The van der Waals surface area contributed by atoms with Crippen molar-refractivity contribution >= 4 is 29.9 Å². The molecule has 0 bridgehead atoms. The number of benzene rings is 1. The summed E-state index contributed by atoms with van der Waals surface area (Å²) in [6.45, 7) is 0.207. The molecule has 2 rings (SSSR count). The molecule has 0 amide bonds. The molecule has 0 atom stereocenters. The first-order chi connectivity index (χ1) is 10.6. The molecule has 1 heterocycles. The predicted octanol–water partition coefficient (Wildman–Crippen LogP) is 3.07. The molecule has 5 nitrogen and oxygen atoms in total. The molecule has 0 aliphatic heterocycles. The summed E-state index contributed by atoms with van der Waals surface area (Å²) >= 11 is 0. The number of halogens is 3. The maximum absolute atomic E-state index is 12.7. The van der Waals surface area contributed by atoms with Crippen LogP contribution in [-0.4, -0.2) is 22.6 Å². The number of imidazole rings is 1. The van der Waals surface area contributed by atoms with Gasteiger partial charge in [-0.1, -0.05) is 29.8 Å². The summed E-state index contributed by atoms with van der Waals surface area (Å²) in [5.41, 5.74) is 2.31. The van der Waals surface area contributed by atoms with Gasteiger partial charge in [0, 0.05) is 26.0 Å². The summed E-state index contributed by atoms with van der Waals surface area (Å²) in [4.78, 5) is 7.97. The molecule has 0 saturated carbocycles. The topological polar surface area (TPSA) is 54.2 Å². The van der Waals surface area contributed by atoms with Gasteiger partial charge in [0.15, 0.2) is 5.96 Å². The van der Waals surface area contributed by atoms with Crippen molar-refractivity contribution in [1.82, 2.24) is 20.2 Å². The molecule has 2 N–H and O–H groups in total. The Morgan fingerprint density at radius 2 is 1.87 bits per heavy atom. The van der Waals surface area contributed by atoms with Gasteiger partial charge in [-0.15, -0.1) is 24.0 Å². The average molecular weight is 435 g/mol. The van der Waals surface area contributed by atoms with E-state index in [4.69, 9.17) is 0 Å². The average Bonchev–Trinajstić information content (AvgIpc) is 2.98. The molecule has 126 valence electrons. The highest BCUT2D eigenvalue weighted by Crippen LogP contribution is 2.11. The predicted molar refractivity (Wildman–Crippen MR) is 97.1 cm³/mol. The first kappa shape index (κ1) is 19.3. The van der Waals surface area contributed by atoms with Gasteiger partial charge in [-0.05, 0) is 12.5 Å². The summed E-state index contributed by atoms with van der Waals surface area (Å²) < 4.78 is 26.3. The minimum Gasteiger partial charge on any atom is -0.352 e. The van der Waals surface area contributed by atoms with Gasteiger partial charge in [0.25, 0.3) is 0 Å². The molecule has 0 unspecified atom stereocenters. The van der Waals surface area contributed by atoms with Crippen molar-refractivity contribution in [2.24, 2.45) is 4.99 Å². The highest BCUT2D eigenvalue weighted by atomic mass is 127. The number of hydrogen-bond donors (Lipinski definition) is 2. The lowest BCUT2D eigenvalue weighted by atomic mass is 10.1. The van der Waals surface area contributed by atoms with E-state index in [0.29, 0.717) is 12.5 Å². The zero-order valence-corrected chi connectivity index (χ0v) is 15.3. The lowest BCUT2D eigenvalue weighted by Gasteiger charge is -2.12. The van der Waals surface area contributed by atoms with E-state index in [9.17, 15) is 8.78 Å². The van der Waals surface area contributed by atoms with Crippen molar-refractivity contribution < 1.29 is 8.78 Å². The second kappa shape index (κ2) is 9.43. The Bertz CT molecular complexity index is 625. The van der Waals surface area contributed by atoms with E-state index in [1.54, 1.807) is 7.05 Å². The first-order valence-electron chi connectivity index (χ1n) is 6.90. The molecule has 23 heavy (non-hydrogen) atoms. The molecule has 0 aliphatic rings. The van der Waals surface area contributed by atoms with Crippen LogP contribution in [0.15, 0.2) is 41.7 Å². The number of hydrogen-bond acceptors (Lipinski definition) is 2. The van der Waals surface area contributed by atoms with Gasteiger partial charge in [0.05, 0.1) is 6.54 Å². The lowest BCUT2D eigenvalue weighted by molar-refractivity contribution is 0.0668. The third-order valence-corrected chi connectivity index (χ3v) is 3.18. The Hall–Kier alpha value is -1.71. The largest absolute Gasteiger partial charge is 0.352 e. The van der Waals surface area contributed by atoms with E-state index in [-0.39, 0.29) is 36.3 Å². The minimum atomic E-state index is -2.60. The Balaban J connectivity index is 0.00000264. The van der Waals surface area contributed by atoms with Crippen LogP contribution in [0.25, 0.3) is 0 Å². The summed E-state index contributed by atoms with van der Waals surface area (Å²) in [5, 5.41) is 6.10. The number of nitrogens with zero attached hydrogens (tertiary/aromatic N) is 3. The van der Waals surface area contributed by atoms with Gasteiger partial charge in [0.1, 0.15) is 5.82 Å². The zero-order valence-electron chi connectivity index (χ0n) is 13.0. The van der Waals surface area contributed by atoms with E-state index < -0.39 is 6.55 Å². The van der Waals surface area contributed by atoms with Gasteiger partial charge in [-0.2, -0.15) is 8.78 Å². The van der Waals surface area contributed by atoms with Gasteiger partial charge in [-0.3, -0.25) is 9.56 Å². The third-order valence-electron chi connectivity index (χ3n) is 3.18. The molecule has 0 aliphatic carbocycles.